The van der Waals surface area contributed by atoms with Crippen LogP contribution in [0.5, 0.6) is 0 Å². The topological polar surface area (TPSA) is 119 Å². The number of carboxylic acids is 1. The Kier molecular flexibility index (Phi) is 10.1. The molecule has 0 heterocycles. The highest BCUT2D eigenvalue weighted by Crippen LogP contribution is 2.35. The molecule has 1 atom stereocenters. The van der Waals surface area contributed by atoms with Crippen LogP contribution < -0.4 is 15.5 Å². The quantitative estimate of drug-likeness (QED) is 0.225. The fourth-order valence-corrected chi connectivity index (χ4v) is 5.16. The molecule has 0 spiro atoms. The Labute approximate surface area is 247 Å². The number of carbonyl (C=O) groups excluding carboxylic acids is 2. The number of rotatable bonds is 9. The summed E-state index contributed by atoms with van der Waals surface area (Å²) in [7, 11) is 0. The summed E-state index contributed by atoms with van der Waals surface area (Å²) in [6, 6.07) is 16.9. The van der Waals surface area contributed by atoms with Gasteiger partial charge < -0.3 is 20.8 Å². The van der Waals surface area contributed by atoms with Gasteiger partial charge in [-0.05, 0) is 78.8 Å². The zero-order valence-electron chi connectivity index (χ0n) is 23.7. The van der Waals surface area contributed by atoms with E-state index in [9.17, 15) is 32.7 Å². The Balaban J connectivity index is 1.55. The number of hydrogen-bond acceptors (Lipinski definition) is 4. The summed E-state index contributed by atoms with van der Waals surface area (Å²) in [6.45, 7) is 0.939. The second-order valence-corrected chi connectivity index (χ2v) is 10.7. The first-order chi connectivity index (χ1) is 20.4. The fraction of sp³-hybridized carbons (Fsp3) is 0.344. The number of benzene rings is 3. The number of hydrogen-bond donors (Lipinski definition) is 4. The number of aliphatic hydroxyl groups excluding tert-OH is 1. The summed E-state index contributed by atoms with van der Waals surface area (Å²) < 4.78 is 40.5. The van der Waals surface area contributed by atoms with Gasteiger partial charge in [0.05, 0.1) is 18.7 Å². The van der Waals surface area contributed by atoms with Crippen LogP contribution in [0.1, 0.15) is 70.6 Å². The first-order valence-corrected chi connectivity index (χ1v) is 14.1. The third kappa shape index (κ3) is 8.35. The molecule has 43 heavy (non-hydrogen) atoms. The summed E-state index contributed by atoms with van der Waals surface area (Å²) in [5.41, 5.74) is 1.79. The highest BCUT2D eigenvalue weighted by atomic mass is 19.4. The van der Waals surface area contributed by atoms with E-state index in [1.54, 1.807) is 12.1 Å². The minimum Gasteiger partial charge on any atom is -0.479 e. The van der Waals surface area contributed by atoms with E-state index in [0.29, 0.717) is 17.2 Å². The average Bonchev–Trinajstić information content (AvgIpc) is 2.99. The maximum atomic E-state index is 13.5. The second-order valence-electron chi connectivity index (χ2n) is 10.7. The van der Waals surface area contributed by atoms with E-state index in [-0.39, 0.29) is 23.4 Å². The highest BCUT2D eigenvalue weighted by Gasteiger charge is 2.33. The van der Waals surface area contributed by atoms with Gasteiger partial charge in [-0.3, -0.25) is 9.69 Å². The zero-order valence-corrected chi connectivity index (χ0v) is 23.7. The number of anilines is 2. The van der Waals surface area contributed by atoms with Crippen LogP contribution in [0.4, 0.5) is 29.3 Å². The summed E-state index contributed by atoms with van der Waals surface area (Å²) in [6.07, 6.45) is -0.527. The second kappa shape index (κ2) is 13.7. The van der Waals surface area contributed by atoms with Crippen LogP contribution in [0.2, 0.25) is 0 Å². The molecule has 4 rings (SSSR count). The van der Waals surface area contributed by atoms with E-state index in [1.807, 2.05) is 24.3 Å². The zero-order chi connectivity index (χ0) is 31.1. The lowest BCUT2D eigenvalue weighted by Gasteiger charge is -2.26. The molecule has 3 amide bonds. The third-order valence-corrected chi connectivity index (χ3v) is 7.62. The number of aliphatic hydroxyl groups is 1. The minimum absolute atomic E-state index is 0.00215. The first kappa shape index (κ1) is 31.6. The Morgan fingerprint density at radius 1 is 0.953 bits per heavy atom. The molecule has 0 bridgehead atoms. The number of nitrogens with one attached hydrogen (secondary N) is 2. The van der Waals surface area contributed by atoms with Gasteiger partial charge in [0.2, 0.25) is 0 Å². The number of aliphatic carboxylic acids is 1. The Bertz CT molecular complexity index is 1440. The number of aryl methyl sites for hydroxylation is 1. The normalized spacial score (nSPS) is 14.5. The summed E-state index contributed by atoms with van der Waals surface area (Å²) in [5, 5.41) is 23.1. The predicted molar refractivity (Wildman–Crippen MR) is 156 cm³/mol. The van der Waals surface area contributed by atoms with Gasteiger partial charge in [0.15, 0.2) is 6.10 Å². The molecule has 0 aromatic heterocycles. The number of amides is 3. The molecule has 8 nitrogen and oxygen atoms in total. The minimum atomic E-state index is -4.57. The van der Waals surface area contributed by atoms with Crippen LogP contribution in [-0.2, 0) is 17.5 Å². The van der Waals surface area contributed by atoms with Crippen molar-refractivity contribution in [3.05, 3.63) is 94.5 Å². The standard InChI is InChI=1S/C32H34F3N3O5/c1-20-7-14-25(17-27(20)32(33,34)35)37-31(43)38(26-15-12-23(13-16-26)22-5-3-2-4-6-22)19-21-8-10-24(11-9-21)29(40)36-18-28(39)30(41)42/h7-17,22,28,39H,2-6,18-19H2,1H3,(H,36,40)(H,37,43)(H,41,42)/t28-/m1/s1. The largest absolute Gasteiger partial charge is 0.479 e. The van der Waals surface area contributed by atoms with Gasteiger partial charge in [-0.15, -0.1) is 0 Å². The molecule has 0 unspecified atom stereocenters. The van der Waals surface area contributed by atoms with Crippen molar-refractivity contribution >= 4 is 29.3 Å². The number of urea groups is 1. The van der Waals surface area contributed by atoms with E-state index in [4.69, 9.17) is 5.11 Å². The number of carbonyl (C=O) groups is 3. The van der Waals surface area contributed by atoms with Crippen molar-refractivity contribution in [1.29, 1.82) is 0 Å². The van der Waals surface area contributed by atoms with Crippen LogP contribution in [-0.4, -0.2) is 40.8 Å². The van der Waals surface area contributed by atoms with Crippen molar-refractivity contribution < 1.29 is 37.8 Å². The molecule has 11 heteroatoms. The van der Waals surface area contributed by atoms with Gasteiger partial charge in [0.25, 0.3) is 5.91 Å². The molecule has 1 aliphatic rings. The lowest BCUT2D eigenvalue weighted by Crippen LogP contribution is -2.36. The first-order valence-electron chi connectivity index (χ1n) is 14.1. The molecule has 228 valence electrons. The maximum Gasteiger partial charge on any atom is 0.416 e. The van der Waals surface area contributed by atoms with Crippen LogP contribution in [0.3, 0.4) is 0 Å². The summed E-state index contributed by atoms with van der Waals surface area (Å²) in [5.74, 6) is -1.59. The molecule has 4 N–H and O–H groups in total. The molecule has 1 aliphatic carbocycles. The molecular formula is C32H34F3N3O5. The Hall–Kier alpha value is -4.38. The Morgan fingerprint density at radius 3 is 2.21 bits per heavy atom. The van der Waals surface area contributed by atoms with Gasteiger partial charge in [-0.2, -0.15) is 13.2 Å². The van der Waals surface area contributed by atoms with Crippen molar-refractivity contribution in [3.8, 4) is 0 Å². The van der Waals surface area contributed by atoms with Gasteiger partial charge >= 0.3 is 18.2 Å². The van der Waals surface area contributed by atoms with Crippen molar-refractivity contribution in [2.45, 2.75) is 63.8 Å². The summed E-state index contributed by atoms with van der Waals surface area (Å²) >= 11 is 0. The van der Waals surface area contributed by atoms with E-state index < -0.39 is 42.3 Å². The number of carboxylic acid groups (broad SMARTS) is 1. The van der Waals surface area contributed by atoms with Crippen LogP contribution in [0.15, 0.2) is 66.7 Å². The van der Waals surface area contributed by atoms with E-state index in [2.05, 4.69) is 10.6 Å². The third-order valence-electron chi connectivity index (χ3n) is 7.62. The van der Waals surface area contributed by atoms with Gasteiger partial charge in [-0.1, -0.05) is 49.6 Å². The molecule has 0 aliphatic heterocycles. The SMILES string of the molecule is Cc1ccc(NC(=O)N(Cc2ccc(C(=O)NC[C@@H](O)C(=O)O)cc2)c2ccc(C3CCCCC3)cc2)cc1C(F)(F)F. The maximum absolute atomic E-state index is 13.5. The predicted octanol–water partition coefficient (Wildman–Crippen LogP) is 6.48. The fourth-order valence-electron chi connectivity index (χ4n) is 5.16. The van der Waals surface area contributed by atoms with Crippen LogP contribution >= 0.6 is 0 Å². The lowest BCUT2D eigenvalue weighted by molar-refractivity contribution is -0.146. The van der Waals surface area contributed by atoms with Crippen molar-refractivity contribution in [2.75, 3.05) is 16.8 Å². The molecule has 1 fully saturated rings. The molecule has 1 saturated carbocycles. The lowest BCUT2D eigenvalue weighted by atomic mass is 9.84. The average molecular weight is 598 g/mol. The van der Waals surface area contributed by atoms with E-state index in [0.717, 1.165) is 18.9 Å². The monoisotopic (exact) mass is 597 g/mol. The van der Waals surface area contributed by atoms with Crippen LogP contribution in [0, 0.1) is 6.92 Å². The molecular weight excluding hydrogens is 563 g/mol. The molecule has 3 aromatic rings. The number of nitrogens with zero attached hydrogens (tertiary/aromatic N) is 1. The van der Waals surface area contributed by atoms with E-state index in [1.165, 1.54) is 60.9 Å². The smallest absolute Gasteiger partial charge is 0.416 e. The van der Waals surface area contributed by atoms with Crippen molar-refractivity contribution in [3.63, 3.8) is 0 Å². The Morgan fingerprint density at radius 2 is 1.60 bits per heavy atom. The molecule has 3 aromatic carbocycles. The number of alkyl halides is 3. The van der Waals surface area contributed by atoms with Gasteiger partial charge in [0, 0.05) is 16.9 Å². The number of halogens is 3. The molecule has 0 radical (unpaired) electrons. The summed E-state index contributed by atoms with van der Waals surface area (Å²) in [4.78, 5) is 38.1. The van der Waals surface area contributed by atoms with Crippen molar-refractivity contribution in [1.82, 2.24) is 5.32 Å². The van der Waals surface area contributed by atoms with E-state index >= 15 is 0 Å². The highest BCUT2D eigenvalue weighted by molar-refractivity contribution is 6.01. The van der Waals surface area contributed by atoms with Crippen LogP contribution in [0.25, 0.3) is 0 Å². The van der Waals surface area contributed by atoms with Gasteiger partial charge in [-0.25, -0.2) is 9.59 Å². The van der Waals surface area contributed by atoms with Crippen molar-refractivity contribution in [2.24, 2.45) is 0 Å². The van der Waals surface area contributed by atoms with Gasteiger partial charge in [0.1, 0.15) is 0 Å². The molecule has 0 saturated heterocycles.